The topological polar surface area (TPSA) is 85.9 Å². The summed E-state index contributed by atoms with van der Waals surface area (Å²) in [6, 6.07) is 14.0. The molecule has 25 heavy (non-hydrogen) atoms. The normalized spacial score (nSPS) is 15.2. The van der Waals surface area contributed by atoms with Crippen molar-refractivity contribution in [1.82, 2.24) is 5.32 Å². The fraction of sp³-hybridized carbons (Fsp3) is 0.222. The number of amides is 2. The summed E-state index contributed by atoms with van der Waals surface area (Å²) < 4.78 is 16.3. The van der Waals surface area contributed by atoms with Gasteiger partial charge in [0.1, 0.15) is 18.5 Å². The van der Waals surface area contributed by atoms with Crippen LogP contribution in [0.1, 0.15) is 0 Å². The molecule has 2 N–H and O–H groups in total. The molecular weight excluding hydrogens is 324 g/mol. The molecule has 1 atom stereocenters. The Balaban J connectivity index is 1.48. The van der Waals surface area contributed by atoms with E-state index in [1.165, 1.54) is 0 Å². The molecule has 0 unspecified atom stereocenters. The van der Waals surface area contributed by atoms with Gasteiger partial charge in [-0.3, -0.25) is 9.59 Å². The molecule has 0 radical (unpaired) electrons. The number of benzene rings is 2. The summed E-state index contributed by atoms with van der Waals surface area (Å²) in [6.07, 6.45) is -0.354. The zero-order chi connectivity index (χ0) is 17.6. The lowest BCUT2D eigenvalue weighted by molar-refractivity contribution is -0.136. The Labute approximate surface area is 144 Å². The molecular formula is C18H18N2O5. The third kappa shape index (κ3) is 4.20. The highest BCUT2D eigenvalue weighted by Crippen LogP contribution is 2.30. The van der Waals surface area contributed by atoms with Gasteiger partial charge < -0.3 is 24.8 Å². The van der Waals surface area contributed by atoms with Crippen LogP contribution in [0.2, 0.25) is 0 Å². The average molecular weight is 342 g/mol. The van der Waals surface area contributed by atoms with Crippen molar-refractivity contribution >= 4 is 17.5 Å². The van der Waals surface area contributed by atoms with Crippen LogP contribution in [0.3, 0.4) is 0 Å². The summed E-state index contributed by atoms with van der Waals surface area (Å²) in [5.74, 6) is 0.468. The van der Waals surface area contributed by atoms with Gasteiger partial charge in [-0.25, -0.2) is 0 Å². The second-order valence-corrected chi connectivity index (χ2v) is 5.39. The van der Waals surface area contributed by atoms with Crippen molar-refractivity contribution in [1.29, 1.82) is 0 Å². The van der Waals surface area contributed by atoms with Crippen molar-refractivity contribution in [2.45, 2.75) is 6.10 Å². The van der Waals surface area contributed by atoms with Gasteiger partial charge in [-0.1, -0.05) is 12.1 Å². The first kappa shape index (κ1) is 16.6. The number of hydrogen-bond acceptors (Lipinski definition) is 5. The van der Waals surface area contributed by atoms with Gasteiger partial charge in [0, 0.05) is 5.69 Å². The largest absolute Gasteiger partial charge is 0.497 e. The zero-order valence-electron chi connectivity index (χ0n) is 13.7. The molecule has 7 heteroatoms. The monoisotopic (exact) mass is 342 g/mol. The van der Waals surface area contributed by atoms with Gasteiger partial charge in [-0.05, 0) is 36.4 Å². The van der Waals surface area contributed by atoms with Crippen molar-refractivity contribution in [2.24, 2.45) is 0 Å². The number of nitrogens with one attached hydrogen (secondary N) is 2. The van der Waals surface area contributed by atoms with Crippen molar-refractivity contribution in [3.63, 3.8) is 0 Å². The van der Waals surface area contributed by atoms with Crippen molar-refractivity contribution in [3.8, 4) is 17.2 Å². The Hall–Kier alpha value is -3.22. The summed E-state index contributed by atoms with van der Waals surface area (Å²) in [5.41, 5.74) is 0.507. The number of anilines is 1. The lowest BCUT2D eigenvalue weighted by atomic mass is 10.2. The molecule has 7 nitrogen and oxygen atoms in total. The predicted molar refractivity (Wildman–Crippen MR) is 91.0 cm³/mol. The van der Waals surface area contributed by atoms with Gasteiger partial charge >= 0.3 is 11.8 Å². The van der Waals surface area contributed by atoms with Crippen LogP contribution in [0.5, 0.6) is 17.2 Å². The van der Waals surface area contributed by atoms with Crippen LogP contribution in [-0.4, -0.2) is 38.2 Å². The Kier molecular flexibility index (Phi) is 5.03. The van der Waals surface area contributed by atoms with E-state index < -0.39 is 11.8 Å². The maximum atomic E-state index is 11.9. The van der Waals surface area contributed by atoms with Crippen LogP contribution >= 0.6 is 0 Å². The summed E-state index contributed by atoms with van der Waals surface area (Å²) in [5, 5.41) is 5.06. The zero-order valence-corrected chi connectivity index (χ0v) is 13.7. The fourth-order valence-corrected chi connectivity index (χ4v) is 2.31. The molecule has 0 aliphatic carbocycles. The minimum absolute atomic E-state index is 0.170. The number of carbonyl (C=O) groups excluding carboxylic acids is 2. The number of para-hydroxylation sites is 2. The maximum absolute atomic E-state index is 11.9. The summed E-state index contributed by atoms with van der Waals surface area (Å²) in [4.78, 5) is 23.8. The van der Waals surface area contributed by atoms with Crippen molar-refractivity contribution in [2.75, 3.05) is 25.6 Å². The van der Waals surface area contributed by atoms with Gasteiger partial charge in [-0.15, -0.1) is 0 Å². The third-order valence-corrected chi connectivity index (χ3v) is 3.61. The van der Waals surface area contributed by atoms with Crippen LogP contribution in [0.15, 0.2) is 48.5 Å². The lowest BCUT2D eigenvalue weighted by Gasteiger charge is -2.26. The smallest absolute Gasteiger partial charge is 0.313 e. The molecule has 1 aliphatic rings. The van der Waals surface area contributed by atoms with Crippen LogP contribution in [-0.2, 0) is 9.59 Å². The Morgan fingerprint density at radius 3 is 2.52 bits per heavy atom. The Morgan fingerprint density at radius 2 is 1.80 bits per heavy atom. The molecule has 0 bridgehead atoms. The van der Waals surface area contributed by atoms with Gasteiger partial charge in [0.15, 0.2) is 11.5 Å². The van der Waals surface area contributed by atoms with E-state index >= 15 is 0 Å². The minimum atomic E-state index is -0.748. The van der Waals surface area contributed by atoms with Crippen LogP contribution in [0, 0.1) is 0 Å². The highest BCUT2D eigenvalue weighted by Gasteiger charge is 2.22. The standard InChI is InChI=1S/C18H18N2O5/c1-23-13-8-6-12(7-9-13)20-18(22)17(21)19-10-14-11-24-15-4-2-3-5-16(15)25-14/h2-9,14H,10-11H2,1H3,(H,19,21)(H,20,22)/t14-/m0/s1. The molecule has 2 aromatic rings. The van der Waals surface area contributed by atoms with Crippen molar-refractivity contribution in [3.05, 3.63) is 48.5 Å². The molecule has 0 saturated heterocycles. The SMILES string of the molecule is COc1ccc(NC(=O)C(=O)NC[C@H]2COc3ccccc3O2)cc1. The molecule has 2 aromatic carbocycles. The quantitative estimate of drug-likeness (QED) is 0.824. The van der Waals surface area contributed by atoms with Gasteiger partial charge in [0.05, 0.1) is 13.7 Å². The molecule has 0 aromatic heterocycles. The second-order valence-electron chi connectivity index (χ2n) is 5.39. The van der Waals surface area contributed by atoms with Gasteiger partial charge in [-0.2, -0.15) is 0 Å². The molecule has 0 saturated carbocycles. The molecule has 0 spiro atoms. The number of carbonyl (C=O) groups is 2. The van der Waals surface area contributed by atoms with Crippen LogP contribution in [0.25, 0.3) is 0 Å². The van der Waals surface area contributed by atoms with E-state index in [9.17, 15) is 9.59 Å². The van der Waals surface area contributed by atoms with E-state index in [0.29, 0.717) is 29.5 Å². The van der Waals surface area contributed by atoms with Crippen molar-refractivity contribution < 1.29 is 23.8 Å². The first-order valence-corrected chi connectivity index (χ1v) is 7.77. The number of fused-ring (bicyclic) bond motifs is 1. The first-order chi connectivity index (χ1) is 12.2. The molecule has 130 valence electrons. The number of hydrogen-bond donors (Lipinski definition) is 2. The third-order valence-electron chi connectivity index (χ3n) is 3.61. The lowest BCUT2D eigenvalue weighted by Crippen LogP contribution is -2.44. The number of methoxy groups -OCH3 is 1. The summed E-state index contributed by atoms with van der Waals surface area (Å²) >= 11 is 0. The fourth-order valence-electron chi connectivity index (χ4n) is 2.31. The second kappa shape index (κ2) is 7.57. The maximum Gasteiger partial charge on any atom is 0.313 e. The number of rotatable bonds is 4. The Morgan fingerprint density at radius 1 is 1.08 bits per heavy atom. The summed E-state index contributed by atoms with van der Waals surface area (Å²) in [6.45, 7) is 0.473. The van der Waals surface area contributed by atoms with Crippen LogP contribution in [0.4, 0.5) is 5.69 Å². The molecule has 1 aliphatic heterocycles. The Bertz CT molecular complexity index is 760. The highest BCUT2D eigenvalue weighted by atomic mass is 16.6. The molecule has 3 rings (SSSR count). The van der Waals surface area contributed by atoms with E-state index in [4.69, 9.17) is 14.2 Å². The predicted octanol–water partition coefficient (Wildman–Crippen LogP) is 1.59. The van der Waals surface area contributed by atoms with E-state index in [1.807, 2.05) is 18.2 Å². The van der Waals surface area contributed by atoms with Crippen LogP contribution < -0.4 is 24.8 Å². The molecule has 2 amide bonds. The van der Waals surface area contributed by atoms with E-state index in [0.717, 1.165) is 0 Å². The van der Waals surface area contributed by atoms with Gasteiger partial charge in [0.25, 0.3) is 0 Å². The minimum Gasteiger partial charge on any atom is -0.497 e. The molecule has 1 heterocycles. The van der Waals surface area contributed by atoms with Gasteiger partial charge in [0.2, 0.25) is 0 Å². The average Bonchev–Trinajstić information content (AvgIpc) is 2.66. The summed E-state index contributed by atoms with van der Waals surface area (Å²) in [7, 11) is 1.55. The molecule has 0 fully saturated rings. The number of ether oxygens (including phenoxy) is 3. The van der Waals surface area contributed by atoms with E-state index in [1.54, 1.807) is 37.4 Å². The first-order valence-electron chi connectivity index (χ1n) is 7.77. The van der Waals surface area contributed by atoms with E-state index in [-0.39, 0.29) is 12.6 Å². The van der Waals surface area contributed by atoms with E-state index in [2.05, 4.69) is 10.6 Å². The highest BCUT2D eigenvalue weighted by molar-refractivity contribution is 6.39.